The number of nitrogens with zero attached hydrogens (tertiary/aromatic N) is 3. The fourth-order valence-electron chi connectivity index (χ4n) is 1.50. The Morgan fingerprint density at radius 2 is 2.17 bits per heavy atom. The highest BCUT2D eigenvalue weighted by molar-refractivity contribution is 5.78. The molecule has 0 saturated heterocycles. The van der Waals surface area contributed by atoms with Crippen LogP contribution in [0.3, 0.4) is 0 Å². The van der Waals surface area contributed by atoms with Crippen molar-refractivity contribution in [1.82, 2.24) is 19.9 Å². The van der Waals surface area contributed by atoms with Crippen LogP contribution in [-0.2, 0) is 4.79 Å². The molecule has 0 aliphatic carbocycles. The maximum Gasteiger partial charge on any atom is 0.322 e. The van der Waals surface area contributed by atoms with E-state index in [9.17, 15) is 4.79 Å². The molecule has 96 valence electrons. The summed E-state index contributed by atoms with van der Waals surface area (Å²) >= 11 is 0. The van der Waals surface area contributed by atoms with Crippen molar-refractivity contribution in [2.75, 3.05) is 6.61 Å². The zero-order chi connectivity index (χ0) is 13.2. The molecule has 6 heteroatoms. The molecule has 0 aromatic carbocycles. The summed E-state index contributed by atoms with van der Waals surface area (Å²) in [5.74, 6) is -0.185. The van der Waals surface area contributed by atoms with Gasteiger partial charge in [0.25, 0.3) is 5.91 Å². The molecule has 0 saturated carbocycles. The van der Waals surface area contributed by atoms with Crippen LogP contribution in [0.1, 0.15) is 20.8 Å². The minimum Gasteiger partial charge on any atom is -0.453 e. The molecule has 1 amide bonds. The topological polar surface area (TPSA) is 68.5 Å². The number of nitrogens with one attached hydrogen (secondary N) is 1. The van der Waals surface area contributed by atoms with Crippen LogP contribution < -0.4 is 10.1 Å². The number of fused-ring (bicyclic) bond motifs is 1. The van der Waals surface area contributed by atoms with Gasteiger partial charge < -0.3 is 10.1 Å². The van der Waals surface area contributed by atoms with Crippen LogP contribution in [0.5, 0.6) is 6.01 Å². The average molecular weight is 248 g/mol. The van der Waals surface area contributed by atoms with Crippen LogP contribution in [0.25, 0.3) is 5.65 Å². The summed E-state index contributed by atoms with van der Waals surface area (Å²) in [5, 5.41) is 10.6. The Labute approximate surface area is 105 Å². The Morgan fingerprint density at radius 1 is 1.39 bits per heavy atom. The number of pyridine rings is 1. The minimum atomic E-state index is -0.270. The second-order valence-electron chi connectivity index (χ2n) is 5.00. The summed E-state index contributed by atoms with van der Waals surface area (Å²) in [5.41, 5.74) is 0.414. The molecule has 0 radical (unpaired) electrons. The lowest BCUT2D eigenvalue weighted by Gasteiger charge is -2.20. The molecule has 2 heterocycles. The highest BCUT2D eigenvalue weighted by Crippen LogP contribution is 2.09. The molecule has 0 bridgehead atoms. The molecule has 0 spiro atoms. The van der Waals surface area contributed by atoms with Crippen molar-refractivity contribution in [3.63, 3.8) is 0 Å². The third-order valence-corrected chi connectivity index (χ3v) is 2.13. The number of rotatable bonds is 3. The van der Waals surface area contributed by atoms with Crippen LogP contribution in [0, 0.1) is 0 Å². The fraction of sp³-hybridized carbons (Fsp3) is 0.417. The zero-order valence-corrected chi connectivity index (χ0v) is 10.7. The van der Waals surface area contributed by atoms with Gasteiger partial charge in [-0.05, 0) is 32.9 Å². The molecule has 18 heavy (non-hydrogen) atoms. The SMILES string of the molecule is CC(C)(C)NC(=O)COc1nnc2ccccn12. The van der Waals surface area contributed by atoms with E-state index >= 15 is 0 Å². The van der Waals surface area contributed by atoms with Crippen LogP contribution in [0.15, 0.2) is 24.4 Å². The Kier molecular flexibility index (Phi) is 3.18. The molecular weight excluding hydrogens is 232 g/mol. The first-order valence-electron chi connectivity index (χ1n) is 5.69. The average Bonchev–Trinajstić information content (AvgIpc) is 2.67. The number of amides is 1. The van der Waals surface area contributed by atoms with Crippen molar-refractivity contribution in [3.05, 3.63) is 24.4 Å². The molecule has 0 atom stereocenters. The fourth-order valence-corrected chi connectivity index (χ4v) is 1.50. The lowest BCUT2D eigenvalue weighted by Crippen LogP contribution is -2.43. The Bertz CT molecular complexity index is 556. The van der Waals surface area contributed by atoms with Crippen molar-refractivity contribution in [2.24, 2.45) is 0 Å². The molecule has 1 N–H and O–H groups in total. The highest BCUT2D eigenvalue weighted by atomic mass is 16.5. The van der Waals surface area contributed by atoms with E-state index in [1.165, 1.54) is 0 Å². The first kappa shape index (κ1) is 12.3. The number of hydrogen-bond donors (Lipinski definition) is 1. The van der Waals surface area contributed by atoms with Crippen LogP contribution in [0.4, 0.5) is 0 Å². The third-order valence-electron chi connectivity index (χ3n) is 2.13. The zero-order valence-electron chi connectivity index (χ0n) is 10.7. The highest BCUT2D eigenvalue weighted by Gasteiger charge is 2.15. The van der Waals surface area contributed by atoms with Crippen LogP contribution in [0.2, 0.25) is 0 Å². The van der Waals surface area contributed by atoms with Gasteiger partial charge >= 0.3 is 6.01 Å². The maximum atomic E-state index is 11.6. The van der Waals surface area contributed by atoms with E-state index in [0.29, 0.717) is 11.7 Å². The third kappa shape index (κ3) is 2.97. The molecular formula is C12H16N4O2. The van der Waals surface area contributed by atoms with E-state index in [1.54, 1.807) is 10.6 Å². The monoisotopic (exact) mass is 248 g/mol. The van der Waals surface area contributed by atoms with Gasteiger partial charge in [-0.1, -0.05) is 11.2 Å². The molecule has 0 unspecified atom stereocenters. The second-order valence-corrected chi connectivity index (χ2v) is 5.00. The number of carbonyl (C=O) groups excluding carboxylic acids is 1. The van der Waals surface area contributed by atoms with Crippen molar-refractivity contribution < 1.29 is 9.53 Å². The number of ether oxygens (including phenoxy) is 1. The van der Waals surface area contributed by atoms with Gasteiger partial charge in [-0.3, -0.25) is 9.20 Å². The van der Waals surface area contributed by atoms with Gasteiger partial charge in [0.2, 0.25) is 0 Å². The standard InChI is InChI=1S/C12H16N4O2/c1-12(2,3)13-10(17)8-18-11-15-14-9-6-4-5-7-16(9)11/h4-7H,8H2,1-3H3,(H,13,17). The van der Waals surface area contributed by atoms with E-state index in [2.05, 4.69) is 15.5 Å². The van der Waals surface area contributed by atoms with E-state index in [0.717, 1.165) is 0 Å². The van der Waals surface area contributed by atoms with Crippen molar-refractivity contribution in [3.8, 4) is 6.01 Å². The molecule has 2 aromatic heterocycles. The molecule has 0 aliphatic rings. The molecule has 0 fully saturated rings. The first-order chi connectivity index (χ1) is 8.46. The van der Waals surface area contributed by atoms with Gasteiger partial charge in [0.15, 0.2) is 12.3 Å². The quantitative estimate of drug-likeness (QED) is 0.880. The largest absolute Gasteiger partial charge is 0.453 e. The minimum absolute atomic E-state index is 0.0764. The Hall–Kier alpha value is -2.11. The summed E-state index contributed by atoms with van der Waals surface area (Å²) in [6, 6.07) is 5.84. The van der Waals surface area contributed by atoms with E-state index in [-0.39, 0.29) is 18.1 Å². The first-order valence-corrected chi connectivity index (χ1v) is 5.69. The van der Waals surface area contributed by atoms with Crippen molar-refractivity contribution in [2.45, 2.75) is 26.3 Å². The van der Waals surface area contributed by atoms with Crippen LogP contribution >= 0.6 is 0 Å². The van der Waals surface area contributed by atoms with E-state index < -0.39 is 0 Å². The van der Waals surface area contributed by atoms with Crippen molar-refractivity contribution in [1.29, 1.82) is 0 Å². The predicted octanol–water partition coefficient (Wildman–Crippen LogP) is 1.02. The lowest BCUT2D eigenvalue weighted by atomic mass is 10.1. The van der Waals surface area contributed by atoms with Gasteiger partial charge in [0.1, 0.15) is 0 Å². The van der Waals surface area contributed by atoms with E-state index in [1.807, 2.05) is 39.0 Å². The Morgan fingerprint density at radius 3 is 2.89 bits per heavy atom. The summed E-state index contributed by atoms with van der Waals surface area (Å²) in [6.07, 6.45) is 1.78. The molecule has 2 rings (SSSR count). The summed E-state index contributed by atoms with van der Waals surface area (Å²) in [7, 11) is 0. The van der Waals surface area contributed by atoms with Crippen molar-refractivity contribution >= 4 is 11.6 Å². The normalized spacial score (nSPS) is 11.5. The summed E-state index contributed by atoms with van der Waals surface area (Å²) in [6.45, 7) is 5.67. The summed E-state index contributed by atoms with van der Waals surface area (Å²) < 4.78 is 7.03. The van der Waals surface area contributed by atoms with Gasteiger partial charge in [-0.25, -0.2) is 0 Å². The summed E-state index contributed by atoms with van der Waals surface area (Å²) in [4.78, 5) is 11.6. The maximum absolute atomic E-state index is 11.6. The van der Waals surface area contributed by atoms with Gasteiger partial charge in [0.05, 0.1) is 0 Å². The van der Waals surface area contributed by atoms with Gasteiger partial charge in [-0.15, -0.1) is 5.10 Å². The number of carbonyl (C=O) groups is 1. The smallest absolute Gasteiger partial charge is 0.322 e. The Balaban J connectivity index is 2.00. The second kappa shape index (κ2) is 4.64. The number of aromatic nitrogens is 3. The molecule has 2 aromatic rings. The van der Waals surface area contributed by atoms with E-state index in [4.69, 9.17) is 4.74 Å². The molecule has 6 nitrogen and oxygen atoms in total. The van der Waals surface area contributed by atoms with Crippen LogP contribution in [-0.4, -0.2) is 32.7 Å². The predicted molar refractivity (Wildman–Crippen MR) is 66.4 cm³/mol. The van der Waals surface area contributed by atoms with Gasteiger partial charge in [-0.2, -0.15) is 0 Å². The number of hydrogen-bond acceptors (Lipinski definition) is 4. The van der Waals surface area contributed by atoms with Gasteiger partial charge in [0, 0.05) is 11.7 Å². The molecule has 0 aliphatic heterocycles. The lowest BCUT2D eigenvalue weighted by molar-refractivity contribution is -0.124.